The van der Waals surface area contributed by atoms with Crippen molar-refractivity contribution >= 4 is 11.9 Å². The fourth-order valence-electron chi connectivity index (χ4n) is 4.14. The summed E-state index contributed by atoms with van der Waals surface area (Å²) in [5, 5.41) is 6.57. The molecule has 2 aliphatic carbocycles. The Balaban J connectivity index is 1.15. The maximum atomic E-state index is 11.8. The molecule has 0 unspecified atom stereocenters. The summed E-state index contributed by atoms with van der Waals surface area (Å²) in [5.41, 5.74) is 0. The van der Waals surface area contributed by atoms with E-state index in [0.717, 1.165) is 25.9 Å². The molecule has 0 spiro atoms. The first-order valence-electron chi connectivity index (χ1n) is 7.54. The normalized spacial score (nSPS) is 43.6. The molecule has 0 aromatic heterocycles. The summed E-state index contributed by atoms with van der Waals surface area (Å²) in [6.45, 7) is 2.21. The van der Waals surface area contributed by atoms with Crippen LogP contribution in [0.3, 0.4) is 0 Å². The molecule has 4 bridgehead atoms. The highest BCUT2D eigenvalue weighted by molar-refractivity contribution is 5.76. The minimum atomic E-state index is -0.141. The van der Waals surface area contributed by atoms with Crippen LogP contribution in [0.1, 0.15) is 12.8 Å². The van der Waals surface area contributed by atoms with E-state index in [1.807, 2.05) is 0 Å². The van der Waals surface area contributed by atoms with E-state index in [-0.39, 0.29) is 37.0 Å². The first kappa shape index (κ1) is 12.6. The van der Waals surface area contributed by atoms with Crippen molar-refractivity contribution in [3.8, 4) is 0 Å². The number of ether oxygens (including phenoxy) is 2. The molecule has 2 saturated carbocycles. The minimum absolute atomic E-state index is 0.0254. The molecule has 110 valence electrons. The lowest BCUT2D eigenvalue weighted by Crippen LogP contribution is -2.44. The van der Waals surface area contributed by atoms with Gasteiger partial charge >= 0.3 is 11.9 Å². The predicted octanol–water partition coefficient (Wildman–Crippen LogP) is -0.711. The second kappa shape index (κ2) is 4.70. The average Bonchev–Trinajstić information content (AvgIpc) is 3.12. The van der Waals surface area contributed by atoms with Crippen LogP contribution < -0.4 is 10.6 Å². The number of nitrogens with one attached hydrogen (secondary N) is 2. The SMILES string of the molecule is O=C(OCCOC(=O)[C@H]1[C@H]2CN[C@@H]1C2)[C@H]1[C@H]2CN[C@@H]1C2. The summed E-state index contributed by atoms with van der Waals surface area (Å²) in [7, 11) is 0. The Bertz CT molecular complexity index is 373. The van der Waals surface area contributed by atoms with E-state index >= 15 is 0 Å². The Morgan fingerprint density at radius 1 is 0.850 bits per heavy atom. The van der Waals surface area contributed by atoms with Gasteiger partial charge in [0.25, 0.3) is 0 Å². The number of rotatable bonds is 5. The molecule has 6 atom stereocenters. The van der Waals surface area contributed by atoms with Gasteiger partial charge in [-0.15, -0.1) is 0 Å². The molecule has 6 rings (SSSR count). The van der Waals surface area contributed by atoms with Gasteiger partial charge in [0.1, 0.15) is 13.2 Å². The zero-order chi connectivity index (χ0) is 13.7. The predicted molar refractivity (Wildman–Crippen MR) is 68.7 cm³/mol. The summed E-state index contributed by atoms with van der Waals surface area (Å²) in [5.74, 6) is 0.670. The molecule has 0 aromatic carbocycles. The van der Waals surface area contributed by atoms with E-state index in [1.165, 1.54) is 0 Å². The van der Waals surface area contributed by atoms with E-state index in [4.69, 9.17) is 9.47 Å². The number of hydrogen-bond donors (Lipinski definition) is 2. The van der Waals surface area contributed by atoms with Gasteiger partial charge in [0.2, 0.25) is 0 Å². The number of carbonyl (C=O) groups is 2. The second-order valence-electron chi connectivity index (χ2n) is 6.41. The Hall–Kier alpha value is -1.14. The van der Waals surface area contributed by atoms with Crippen molar-refractivity contribution < 1.29 is 19.1 Å². The quantitative estimate of drug-likeness (QED) is 0.512. The number of esters is 2. The van der Waals surface area contributed by atoms with Gasteiger partial charge in [-0.3, -0.25) is 9.59 Å². The fraction of sp³-hybridized carbons (Fsp3) is 0.857. The molecular formula is C14H20N2O4. The smallest absolute Gasteiger partial charge is 0.310 e. The highest BCUT2D eigenvalue weighted by atomic mass is 16.6. The molecule has 6 fully saturated rings. The third kappa shape index (κ3) is 1.85. The van der Waals surface area contributed by atoms with Crippen LogP contribution in [0.25, 0.3) is 0 Å². The first-order chi connectivity index (χ1) is 9.74. The van der Waals surface area contributed by atoms with Gasteiger partial charge in [0, 0.05) is 12.1 Å². The van der Waals surface area contributed by atoms with Gasteiger partial charge in [0.05, 0.1) is 11.8 Å². The van der Waals surface area contributed by atoms with Crippen LogP contribution in [0.2, 0.25) is 0 Å². The number of fused-ring (bicyclic) bond motifs is 2. The van der Waals surface area contributed by atoms with Gasteiger partial charge in [-0.05, 0) is 37.8 Å². The lowest BCUT2D eigenvalue weighted by Gasteiger charge is -2.32. The van der Waals surface area contributed by atoms with Crippen LogP contribution in [0, 0.1) is 23.7 Å². The molecule has 0 aromatic rings. The summed E-state index contributed by atoms with van der Waals surface area (Å²) >= 11 is 0. The largest absolute Gasteiger partial charge is 0.462 e. The summed E-state index contributed by atoms with van der Waals surface area (Å²) in [4.78, 5) is 23.7. The molecule has 0 amide bonds. The molecule has 4 saturated heterocycles. The molecule has 4 aliphatic heterocycles. The average molecular weight is 280 g/mol. The Kier molecular flexibility index (Phi) is 2.96. The third-order valence-electron chi connectivity index (χ3n) is 5.40. The fourth-order valence-corrected chi connectivity index (χ4v) is 4.14. The highest BCUT2D eigenvalue weighted by Gasteiger charge is 2.52. The van der Waals surface area contributed by atoms with Crippen LogP contribution >= 0.6 is 0 Å². The lowest BCUT2D eigenvalue weighted by molar-refractivity contribution is -0.162. The number of hydrogen-bond acceptors (Lipinski definition) is 6. The molecule has 6 heteroatoms. The van der Waals surface area contributed by atoms with E-state index < -0.39 is 0 Å². The molecular weight excluding hydrogens is 260 g/mol. The second-order valence-corrected chi connectivity index (χ2v) is 6.41. The maximum Gasteiger partial charge on any atom is 0.310 e. The molecule has 2 N–H and O–H groups in total. The van der Waals surface area contributed by atoms with Crippen LogP contribution in [0.15, 0.2) is 0 Å². The van der Waals surface area contributed by atoms with Gasteiger partial charge < -0.3 is 20.1 Å². The molecule has 20 heavy (non-hydrogen) atoms. The summed E-state index contributed by atoms with van der Waals surface area (Å²) in [6.07, 6.45) is 2.18. The first-order valence-corrected chi connectivity index (χ1v) is 7.54. The maximum absolute atomic E-state index is 11.8. The summed E-state index contributed by atoms with van der Waals surface area (Å²) in [6, 6.07) is 0.624. The molecule has 4 heterocycles. The topological polar surface area (TPSA) is 76.7 Å². The zero-order valence-electron chi connectivity index (χ0n) is 11.3. The molecule has 6 aliphatic rings. The van der Waals surface area contributed by atoms with Crippen molar-refractivity contribution in [1.29, 1.82) is 0 Å². The lowest BCUT2D eigenvalue weighted by atomic mass is 9.74. The van der Waals surface area contributed by atoms with Gasteiger partial charge in [-0.2, -0.15) is 0 Å². The summed E-state index contributed by atoms with van der Waals surface area (Å²) < 4.78 is 10.4. The molecule has 0 radical (unpaired) electrons. The van der Waals surface area contributed by atoms with Crippen LogP contribution in [-0.2, 0) is 19.1 Å². The van der Waals surface area contributed by atoms with Crippen molar-refractivity contribution in [3.63, 3.8) is 0 Å². The highest BCUT2D eigenvalue weighted by Crippen LogP contribution is 2.41. The minimum Gasteiger partial charge on any atom is -0.462 e. The monoisotopic (exact) mass is 280 g/mol. The zero-order valence-corrected chi connectivity index (χ0v) is 11.3. The Morgan fingerprint density at radius 2 is 1.30 bits per heavy atom. The van der Waals surface area contributed by atoms with Crippen LogP contribution in [0.4, 0.5) is 0 Å². The Morgan fingerprint density at radius 3 is 1.60 bits per heavy atom. The van der Waals surface area contributed by atoms with Gasteiger partial charge in [-0.1, -0.05) is 0 Å². The van der Waals surface area contributed by atoms with Gasteiger partial charge in [-0.25, -0.2) is 0 Å². The Labute approximate surface area is 117 Å². The van der Waals surface area contributed by atoms with Crippen LogP contribution in [-0.4, -0.2) is 50.3 Å². The van der Waals surface area contributed by atoms with Crippen molar-refractivity contribution in [3.05, 3.63) is 0 Å². The van der Waals surface area contributed by atoms with E-state index in [2.05, 4.69) is 10.6 Å². The third-order valence-corrected chi connectivity index (χ3v) is 5.40. The molecule has 6 nitrogen and oxygen atoms in total. The van der Waals surface area contributed by atoms with Crippen molar-refractivity contribution in [1.82, 2.24) is 10.6 Å². The van der Waals surface area contributed by atoms with E-state index in [0.29, 0.717) is 23.9 Å². The van der Waals surface area contributed by atoms with Crippen molar-refractivity contribution in [2.75, 3.05) is 26.3 Å². The number of carbonyl (C=O) groups excluding carboxylic acids is 2. The van der Waals surface area contributed by atoms with Crippen molar-refractivity contribution in [2.24, 2.45) is 23.7 Å². The standard InChI is InChI=1S/C14H20N2O4/c17-13(11-7-3-9(11)15-5-7)19-1-2-20-14(18)12-8-4-10(12)16-6-8/h7-12,15-16H,1-6H2/t7-,8-,9-,10-,11+,12+/m1/s1. The van der Waals surface area contributed by atoms with Gasteiger partial charge in [0.15, 0.2) is 0 Å². The van der Waals surface area contributed by atoms with Crippen LogP contribution in [0.5, 0.6) is 0 Å². The van der Waals surface area contributed by atoms with E-state index in [1.54, 1.807) is 0 Å². The van der Waals surface area contributed by atoms with E-state index in [9.17, 15) is 9.59 Å². The van der Waals surface area contributed by atoms with Crippen molar-refractivity contribution in [2.45, 2.75) is 24.9 Å².